The van der Waals surface area contributed by atoms with E-state index >= 15 is 0 Å². The van der Waals surface area contributed by atoms with Crippen LogP contribution < -0.4 is 10.2 Å². The molecule has 0 spiro atoms. The molecule has 4 atom stereocenters. The average molecular weight is 619 g/mol. The van der Waals surface area contributed by atoms with Crippen molar-refractivity contribution in [2.24, 2.45) is 0 Å². The molecule has 2 saturated heterocycles. The summed E-state index contributed by atoms with van der Waals surface area (Å²) in [4.78, 5) is 26.9. The van der Waals surface area contributed by atoms with Crippen LogP contribution in [0.4, 0.5) is 10.2 Å². The van der Waals surface area contributed by atoms with Crippen molar-refractivity contribution in [1.82, 2.24) is 20.2 Å². The summed E-state index contributed by atoms with van der Waals surface area (Å²) < 4.78 is 14.9. The van der Waals surface area contributed by atoms with Gasteiger partial charge in [0, 0.05) is 43.3 Å². The second-order valence-electron chi connectivity index (χ2n) is 10.8. The molecular formula is C26H35BrCl2FN5O2. The molecule has 11 heteroatoms. The number of carbonyl (C=O) groups excluding carboxylic acids is 1. The van der Waals surface area contributed by atoms with E-state index in [9.17, 15) is 14.3 Å². The lowest BCUT2D eigenvalue weighted by Gasteiger charge is -2.39. The molecule has 2 N–H and O–H groups in total. The third-order valence-corrected chi connectivity index (χ3v) is 8.44. The second-order valence-corrected chi connectivity index (χ2v) is 11.6. The first-order valence-electron chi connectivity index (χ1n) is 12.4. The molecule has 2 aliphatic heterocycles. The lowest BCUT2D eigenvalue weighted by molar-refractivity contribution is -0.133. The summed E-state index contributed by atoms with van der Waals surface area (Å²) in [6, 6.07) is 5.00. The molecule has 2 fully saturated rings. The molecule has 0 saturated carbocycles. The summed E-state index contributed by atoms with van der Waals surface area (Å²) in [7, 11) is 0. The summed E-state index contributed by atoms with van der Waals surface area (Å²) in [5.41, 5.74) is 2.42. The summed E-state index contributed by atoms with van der Waals surface area (Å²) in [6.07, 6.45) is 3.49. The fraction of sp³-hybridized carbons (Fsp3) is 0.577. The Morgan fingerprint density at radius 3 is 2.54 bits per heavy atom. The lowest BCUT2D eigenvalue weighted by Crippen LogP contribution is -2.53. The smallest absolute Gasteiger partial charge is 0.231 e. The van der Waals surface area contributed by atoms with Crippen LogP contribution in [0.15, 0.2) is 29.0 Å². The van der Waals surface area contributed by atoms with Gasteiger partial charge in [-0.25, -0.2) is 14.4 Å². The van der Waals surface area contributed by atoms with E-state index in [1.54, 1.807) is 6.07 Å². The van der Waals surface area contributed by atoms with Crippen molar-refractivity contribution >= 4 is 52.5 Å². The molecular weight excluding hydrogens is 584 g/mol. The normalized spacial score (nSPS) is 25.2. The van der Waals surface area contributed by atoms with Crippen LogP contribution in [-0.4, -0.2) is 63.6 Å². The topological polar surface area (TPSA) is 81.6 Å². The Morgan fingerprint density at radius 2 is 1.92 bits per heavy atom. The van der Waals surface area contributed by atoms with Gasteiger partial charge in [-0.3, -0.25) is 4.79 Å². The Labute approximate surface area is 238 Å². The van der Waals surface area contributed by atoms with Crippen LogP contribution in [0.3, 0.4) is 0 Å². The number of aliphatic hydroxyl groups excluding tert-OH is 1. The molecule has 1 amide bonds. The van der Waals surface area contributed by atoms with E-state index in [2.05, 4.69) is 56.9 Å². The molecule has 7 nitrogen and oxygen atoms in total. The molecule has 0 unspecified atom stereocenters. The lowest BCUT2D eigenvalue weighted by atomic mass is 9.88. The number of rotatable bonds is 4. The number of nitrogens with zero attached hydrogens (tertiary/aromatic N) is 4. The maximum atomic E-state index is 14.5. The Hall–Kier alpha value is -1.52. The third kappa shape index (κ3) is 5.91. The van der Waals surface area contributed by atoms with Gasteiger partial charge in [-0.15, -0.1) is 24.8 Å². The Kier molecular flexibility index (Phi) is 9.49. The van der Waals surface area contributed by atoms with E-state index in [4.69, 9.17) is 0 Å². The van der Waals surface area contributed by atoms with Gasteiger partial charge < -0.3 is 20.2 Å². The molecule has 3 aliphatic rings. The molecule has 2 aromatic rings. The number of aromatic nitrogens is 2. The second kappa shape index (κ2) is 11.7. The van der Waals surface area contributed by atoms with Crippen molar-refractivity contribution < 1.29 is 14.3 Å². The maximum Gasteiger partial charge on any atom is 0.231 e. The van der Waals surface area contributed by atoms with Gasteiger partial charge in [0.2, 0.25) is 5.91 Å². The largest absolute Gasteiger partial charge is 0.387 e. The number of amides is 1. The SMILES string of the molecule is C[C@@H]1C[C@@H](O)c2ncnc(N3CCN(C(=O)[C@@H](c4ccc(Br)c(F)c4)[C@@H]4CCC(C)(C)N4)CC3)c21.Cl.Cl. The summed E-state index contributed by atoms with van der Waals surface area (Å²) in [5, 5.41) is 14.0. The molecule has 1 aromatic heterocycles. The van der Waals surface area contributed by atoms with Crippen LogP contribution in [0.5, 0.6) is 0 Å². The molecule has 1 aliphatic carbocycles. The zero-order valence-corrected chi connectivity index (χ0v) is 24.5. The molecule has 37 heavy (non-hydrogen) atoms. The van der Waals surface area contributed by atoms with Crippen molar-refractivity contribution in [2.45, 2.75) is 69.6 Å². The quantitative estimate of drug-likeness (QED) is 0.516. The van der Waals surface area contributed by atoms with Crippen LogP contribution in [0.25, 0.3) is 0 Å². The number of carbonyl (C=O) groups is 1. The zero-order chi connectivity index (χ0) is 24.9. The summed E-state index contributed by atoms with van der Waals surface area (Å²) in [5.74, 6) is 0.320. The van der Waals surface area contributed by atoms with E-state index in [0.29, 0.717) is 42.6 Å². The van der Waals surface area contributed by atoms with Crippen molar-refractivity contribution in [3.8, 4) is 0 Å². The molecule has 1 aromatic carbocycles. The number of anilines is 1. The summed E-state index contributed by atoms with van der Waals surface area (Å²) >= 11 is 3.23. The number of aliphatic hydroxyl groups is 1. The number of hydrogen-bond acceptors (Lipinski definition) is 6. The molecule has 0 radical (unpaired) electrons. The standard InChI is InChI=1S/C26H33BrFN5O2.2ClH/c1-15-12-20(34)23-21(15)24(30-14-29-23)32-8-10-33(11-9-32)25(35)22(19-6-7-26(2,3)31-19)16-4-5-17(27)18(28)13-16;;/h4-5,13-15,19-20,22,31,34H,6-12H2,1-3H3;2*1H/t15-,19+,20-,22+;;/m1../s1. The Balaban J connectivity index is 0.00000190. The summed E-state index contributed by atoms with van der Waals surface area (Å²) in [6.45, 7) is 8.84. The molecule has 3 heterocycles. The zero-order valence-electron chi connectivity index (χ0n) is 21.3. The minimum atomic E-state index is -0.542. The Morgan fingerprint density at radius 1 is 1.22 bits per heavy atom. The predicted molar refractivity (Wildman–Crippen MR) is 150 cm³/mol. The Bertz CT molecular complexity index is 1130. The first-order chi connectivity index (χ1) is 16.6. The van der Waals surface area contributed by atoms with Gasteiger partial charge in [0.05, 0.1) is 22.2 Å². The fourth-order valence-corrected chi connectivity index (χ4v) is 6.20. The van der Waals surface area contributed by atoms with Crippen LogP contribution in [0.2, 0.25) is 0 Å². The third-order valence-electron chi connectivity index (χ3n) is 7.80. The van der Waals surface area contributed by atoms with E-state index in [-0.39, 0.29) is 54.0 Å². The number of piperazine rings is 1. The highest BCUT2D eigenvalue weighted by molar-refractivity contribution is 9.10. The highest BCUT2D eigenvalue weighted by atomic mass is 79.9. The van der Waals surface area contributed by atoms with Gasteiger partial charge in [-0.1, -0.05) is 13.0 Å². The van der Waals surface area contributed by atoms with E-state index in [1.807, 2.05) is 11.0 Å². The first-order valence-corrected chi connectivity index (χ1v) is 13.2. The predicted octanol–water partition coefficient (Wildman–Crippen LogP) is 4.73. The average Bonchev–Trinajstić information content (AvgIpc) is 3.34. The molecule has 204 valence electrons. The van der Waals surface area contributed by atoms with Gasteiger partial charge in [-0.2, -0.15) is 0 Å². The van der Waals surface area contributed by atoms with E-state index in [0.717, 1.165) is 29.9 Å². The number of halogens is 4. The first kappa shape index (κ1) is 30.0. The van der Waals surface area contributed by atoms with Gasteiger partial charge in [0.1, 0.15) is 18.0 Å². The van der Waals surface area contributed by atoms with E-state index in [1.165, 1.54) is 12.4 Å². The highest BCUT2D eigenvalue weighted by Gasteiger charge is 2.41. The van der Waals surface area contributed by atoms with Gasteiger partial charge in [0.15, 0.2) is 0 Å². The minimum Gasteiger partial charge on any atom is -0.387 e. The van der Waals surface area contributed by atoms with Crippen molar-refractivity contribution in [3.05, 3.63) is 51.6 Å². The van der Waals surface area contributed by atoms with Gasteiger partial charge in [0.25, 0.3) is 0 Å². The van der Waals surface area contributed by atoms with Crippen LogP contribution in [0, 0.1) is 5.82 Å². The van der Waals surface area contributed by atoms with Gasteiger partial charge >= 0.3 is 0 Å². The van der Waals surface area contributed by atoms with Gasteiger partial charge in [-0.05, 0) is 72.7 Å². The monoisotopic (exact) mass is 617 g/mol. The van der Waals surface area contributed by atoms with Crippen LogP contribution in [-0.2, 0) is 4.79 Å². The van der Waals surface area contributed by atoms with Crippen molar-refractivity contribution in [2.75, 3.05) is 31.1 Å². The van der Waals surface area contributed by atoms with Crippen molar-refractivity contribution in [1.29, 1.82) is 0 Å². The molecule has 0 bridgehead atoms. The number of benzene rings is 1. The van der Waals surface area contributed by atoms with Crippen LogP contribution in [0.1, 0.15) is 74.8 Å². The highest BCUT2D eigenvalue weighted by Crippen LogP contribution is 2.43. The molecule has 5 rings (SSSR count). The fourth-order valence-electron chi connectivity index (χ4n) is 5.95. The van der Waals surface area contributed by atoms with Crippen molar-refractivity contribution in [3.63, 3.8) is 0 Å². The van der Waals surface area contributed by atoms with Crippen LogP contribution >= 0.6 is 40.7 Å². The maximum absolute atomic E-state index is 14.5. The number of nitrogens with one attached hydrogen (secondary N) is 1. The minimum absolute atomic E-state index is 0. The number of hydrogen-bond donors (Lipinski definition) is 2. The van der Waals surface area contributed by atoms with E-state index < -0.39 is 12.0 Å². The number of fused-ring (bicyclic) bond motifs is 1.